The smallest absolute Gasteiger partial charge is 0.224 e. The summed E-state index contributed by atoms with van der Waals surface area (Å²) in [5.41, 5.74) is -0.234. The number of aromatic nitrogens is 2. The molecule has 0 bridgehead atoms. The van der Waals surface area contributed by atoms with Gasteiger partial charge in [-0.25, -0.2) is 4.98 Å². The number of para-hydroxylation sites is 1. The van der Waals surface area contributed by atoms with Crippen LogP contribution >= 0.6 is 0 Å². The Labute approximate surface area is 153 Å². The highest BCUT2D eigenvalue weighted by atomic mass is 16.5. The number of β-amino-alcohol motifs (C(OH)–C–C–N with tert-alkyl or cyclic N) is 1. The Hall–Kier alpha value is -2.38. The molecule has 1 amide bonds. The highest BCUT2D eigenvalue weighted by Crippen LogP contribution is 2.20. The molecular weight excluding hydrogens is 334 g/mol. The lowest BCUT2D eigenvalue weighted by atomic mass is 10.1. The zero-order valence-electron chi connectivity index (χ0n) is 15.0. The minimum atomic E-state index is -1.23. The van der Waals surface area contributed by atoms with Gasteiger partial charge in [0.15, 0.2) is 0 Å². The molecule has 1 aliphatic rings. The van der Waals surface area contributed by atoms with Gasteiger partial charge in [-0.3, -0.25) is 4.79 Å². The van der Waals surface area contributed by atoms with Gasteiger partial charge >= 0.3 is 0 Å². The Balaban J connectivity index is 1.58. The van der Waals surface area contributed by atoms with E-state index in [9.17, 15) is 9.90 Å². The summed E-state index contributed by atoms with van der Waals surface area (Å²) >= 11 is 0. The van der Waals surface area contributed by atoms with Gasteiger partial charge < -0.3 is 24.0 Å². The van der Waals surface area contributed by atoms with Gasteiger partial charge in [0.1, 0.15) is 18.0 Å². The number of amides is 1. The fourth-order valence-electron chi connectivity index (χ4n) is 2.95. The maximum Gasteiger partial charge on any atom is 0.224 e. The van der Waals surface area contributed by atoms with Gasteiger partial charge in [-0.1, -0.05) is 18.2 Å². The lowest BCUT2D eigenvalue weighted by molar-refractivity contribution is -0.135. The van der Waals surface area contributed by atoms with Gasteiger partial charge in [0.05, 0.1) is 26.1 Å². The first-order chi connectivity index (χ1) is 12.6. The van der Waals surface area contributed by atoms with Crippen molar-refractivity contribution in [1.82, 2.24) is 14.5 Å². The monoisotopic (exact) mass is 359 g/mol. The molecule has 140 valence electrons. The number of benzene rings is 1. The summed E-state index contributed by atoms with van der Waals surface area (Å²) in [7, 11) is 0. The predicted octanol–water partition coefficient (Wildman–Crippen LogP) is 1.25. The molecule has 3 rings (SSSR count). The third kappa shape index (κ3) is 4.83. The highest BCUT2D eigenvalue weighted by molar-refractivity contribution is 5.76. The van der Waals surface area contributed by atoms with Crippen LogP contribution in [-0.2, 0) is 16.1 Å². The van der Waals surface area contributed by atoms with Crippen LogP contribution in [0, 0.1) is 6.92 Å². The standard InChI is InChI=1S/C19H25N3O4/c1-16-4-2-3-5-17(16)26-14-19(24)12-22(10-11-25-13-19)18(23)6-8-21-9-7-20-15-21/h2-5,7,9,15,24H,6,8,10-14H2,1H3/t19-/m1/s1. The van der Waals surface area contributed by atoms with Crippen molar-refractivity contribution < 1.29 is 19.4 Å². The Bertz CT molecular complexity index is 719. The van der Waals surface area contributed by atoms with Crippen molar-refractivity contribution >= 4 is 5.91 Å². The third-order valence-electron chi connectivity index (χ3n) is 4.45. The predicted molar refractivity (Wildman–Crippen MR) is 95.9 cm³/mol. The molecule has 1 fully saturated rings. The summed E-state index contributed by atoms with van der Waals surface area (Å²) in [5.74, 6) is 0.710. The van der Waals surface area contributed by atoms with Crippen LogP contribution in [0.2, 0.25) is 0 Å². The SMILES string of the molecule is Cc1ccccc1OC[C@]1(O)COCCN(C(=O)CCn2ccnc2)C1. The lowest BCUT2D eigenvalue weighted by Gasteiger charge is -2.31. The third-order valence-corrected chi connectivity index (χ3v) is 4.45. The van der Waals surface area contributed by atoms with Gasteiger partial charge in [0, 0.05) is 31.9 Å². The summed E-state index contributed by atoms with van der Waals surface area (Å²) in [4.78, 5) is 18.2. The Morgan fingerprint density at radius 3 is 3.04 bits per heavy atom. The van der Waals surface area contributed by atoms with E-state index in [4.69, 9.17) is 9.47 Å². The number of carbonyl (C=O) groups is 1. The molecule has 0 aliphatic carbocycles. The molecule has 7 heteroatoms. The molecular formula is C19H25N3O4. The number of hydrogen-bond donors (Lipinski definition) is 1. The Morgan fingerprint density at radius 2 is 2.27 bits per heavy atom. The van der Waals surface area contributed by atoms with E-state index in [2.05, 4.69) is 4.98 Å². The fraction of sp³-hybridized carbons (Fsp3) is 0.474. The molecule has 1 aromatic carbocycles. The summed E-state index contributed by atoms with van der Waals surface area (Å²) in [5, 5.41) is 10.9. The van der Waals surface area contributed by atoms with E-state index in [0.717, 1.165) is 11.3 Å². The maximum absolute atomic E-state index is 12.5. The van der Waals surface area contributed by atoms with Crippen LogP contribution in [0.5, 0.6) is 5.75 Å². The van der Waals surface area contributed by atoms with E-state index in [1.54, 1.807) is 17.4 Å². The van der Waals surface area contributed by atoms with E-state index in [1.807, 2.05) is 42.0 Å². The van der Waals surface area contributed by atoms with Crippen LogP contribution < -0.4 is 4.74 Å². The second-order valence-electron chi connectivity index (χ2n) is 6.70. The molecule has 0 unspecified atom stereocenters. The van der Waals surface area contributed by atoms with E-state index < -0.39 is 5.60 Å². The highest BCUT2D eigenvalue weighted by Gasteiger charge is 2.35. The number of aliphatic hydroxyl groups is 1. The van der Waals surface area contributed by atoms with Crippen molar-refractivity contribution in [3.05, 3.63) is 48.5 Å². The summed E-state index contributed by atoms with van der Waals surface area (Å²) in [6.07, 6.45) is 5.55. The number of rotatable bonds is 6. The van der Waals surface area contributed by atoms with Crippen molar-refractivity contribution in [3.8, 4) is 5.75 Å². The topological polar surface area (TPSA) is 76.8 Å². The number of ether oxygens (including phenoxy) is 2. The molecule has 2 aromatic rings. The van der Waals surface area contributed by atoms with Crippen molar-refractivity contribution in [3.63, 3.8) is 0 Å². The lowest BCUT2D eigenvalue weighted by Crippen LogP contribution is -2.50. The zero-order valence-corrected chi connectivity index (χ0v) is 15.0. The molecule has 1 saturated heterocycles. The van der Waals surface area contributed by atoms with Crippen LogP contribution in [0.15, 0.2) is 43.0 Å². The van der Waals surface area contributed by atoms with Gasteiger partial charge in [-0.05, 0) is 18.6 Å². The number of hydrogen-bond acceptors (Lipinski definition) is 5. The number of aryl methyl sites for hydroxylation is 2. The van der Waals surface area contributed by atoms with E-state index in [1.165, 1.54) is 0 Å². The first-order valence-electron chi connectivity index (χ1n) is 8.78. The molecule has 7 nitrogen and oxygen atoms in total. The minimum Gasteiger partial charge on any atom is -0.490 e. The van der Waals surface area contributed by atoms with Crippen LogP contribution in [0.1, 0.15) is 12.0 Å². The minimum absolute atomic E-state index is 0.0153. The largest absolute Gasteiger partial charge is 0.490 e. The maximum atomic E-state index is 12.5. The van der Waals surface area contributed by atoms with Crippen molar-refractivity contribution in [2.24, 2.45) is 0 Å². The van der Waals surface area contributed by atoms with Crippen LogP contribution in [0.25, 0.3) is 0 Å². The molecule has 1 atom stereocenters. The number of carbonyl (C=O) groups excluding carboxylic acids is 1. The van der Waals surface area contributed by atoms with Gasteiger partial charge in [-0.2, -0.15) is 0 Å². The van der Waals surface area contributed by atoms with Crippen LogP contribution in [-0.4, -0.2) is 64.0 Å². The first kappa shape index (κ1) is 18.4. The summed E-state index contributed by atoms with van der Waals surface area (Å²) < 4.78 is 13.2. The van der Waals surface area contributed by atoms with E-state index in [0.29, 0.717) is 26.1 Å². The van der Waals surface area contributed by atoms with E-state index in [-0.39, 0.29) is 25.7 Å². The normalized spacial score (nSPS) is 20.6. The van der Waals surface area contributed by atoms with Crippen LogP contribution in [0.4, 0.5) is 0 Å². The van der Waals surface area contributed by atoms with Crippen molar-refractivity contribution in [1.29, 1.82) is 0 Å². The first-order valence-corrected chi connectivity index (χ1v) is 8.78. The molecule has 1 aliphatic heterocycles. The van der Waals surface area contributed by atoms with Gasteiger partial charge in [-0.15, -0.1) is 0 Å². The summed E-state index contributed by atoms with van der Waals surface area (Å²) in [6, 6.07) is 7.65. The average Bonchev–Trinajstić information content (AvgIpc) is 3.07. The second-order valence-corrected chi connectivity index (χ2v) is 6.70. The van der Waals surface area contributed by atoms with Gasteiger partial charge in [0.2, 0.25) is 5.91 Å². The molecule has 2 heterocycles. The zero-order chi connectivity index (χ0) is 18.4. The average molecular weight is 359 g/mol. The second kappa shape index (κ2) is 8.33. The molecule has 26 heavy (non-hydrogen) atoms. The molecule has 0 spiro atoms. The molecule has 0 radical (unpaired) electrons. The molecule has 1 aromatic heterocycles. The van der Waals surface area contributed by atoms with E-state index >= 15 is 0 Å². The van der Waals surface area contributed by atoms with Crippen molar-refractivity contribution in [2.45, 2.75) is 25.5 Å². The number of nitrogens with zero attached hydrogens (tertiary/aromatic N) is 3. The summed E-state index contributed by atoms with van der Waals surface area (Å²) in [6.45, 7) is 3.80. The van der Waals surface area contributed by atoms with Gasteiger partial charge in [0.25, 0.3) is 0 Å². The molecule has 0 saturated carbocycles. The van der Waals surface area contributed by atoms with Crippen molar-refractivity contribution in [2.75, 3.05) is 32.9 Å². The quantitative estimate of drug-likeness (QED) is 0.840. The Morgan fingerprint density at radius 1 is 1.42 bits per heavy atom. The number of imidazole rings is 1. The fourth-order valence-corrected chi connectivity index (χ4v) is 2.95. The molecule has 1 N–H and O–H groups in total. The van der Waals surface area contributed by atoms with Crippen LogP contribution in [0.3, 0.4) is 0 Å². The Kier molecular flexibility index (Phi) is 5.90.